The molecule has 0 spiro atoms. The Bertz CT molecular complexity index is 1910. The molecule has 3 heterocycles. The number of alkyl halides is 2. The van der Waals surface area contributed by atoms with Gasteiger partial charge in [-0.3, -0.25) is 9.69 Å². The maximum absolute atomic E-state index is 14.4. The van der Waals surface area contributed by atoms with Crippen LogP contribution in [0.25, 0.3) is 0 Å². The first-order valence-corrected chi connectivity index (χ1v) is 20.8. The van der Waals surface area contributed by atoms with Crippen LogP contribution in [0, 0.1) is 16.7 Å². The van der Waals surface area contributed by atoms with Gasteiger partial charge in [0.1, 0.15) is 41.7 Å². The van der Waals surface area contributed by atoms with Crippen molar-refractivity contribution in [3.8, 4) is 0 Å². The lowest BCUT2D eigenvalue weighted by Crippen LogP contribution is -2.82. The zero-order valence-corrected chi connectivity index (χ0v) is 35.7. The molecule has 18 heteroatoms. The van der Waals surface area contributed by atoms with E-state index >= 15 is 0 Å². The first-order chi connectivity index (χ1) is 28.4. The summed E-state index contributed by atoms with van der Waals surface area (Å²) in [5, 5.41) is 39.0. The third-order valence-corrected chi connectivity index (χ3v) is 13.8. The number of halogens is 2. The highest BCUT2D eigenvalue weighted by Gasteiger charge is 2.79. The van der Waals surface area contributed by atoms with Gasteiger partial charge in [-0.15, -0.1) is 0 Å². The molecule has 2 saturated carbocycles. The number of nitrogens with zero attached hydrogens (tertiary/aromatic N) is 1. The lowest BCUT2D eigenvalue weighted by Gasteiger charge is -2.68. The minimum absolute atomic E-state index is 0.0103. The third kappa shape index (κ3) is 7.73. The van der Waals surface area contributed by atoms with Gasteiger partial charge in [-0.1, -0.05) is 39.0 Å². The van der Waals surface area contributed by atoms with Gasteiger partial charge in [0.05, 0.1) is 30.3 Å². The molecule has 16 nitrogen and oxygen atoms in total. The summed E-state index contributed by atoms with van der Waals surface area (Å²) in [7, 11) is 0. The van der Waals surface area contributed by atoms with Crippen LogP contribution in [0.4, 0.5) is 13.6 Å². The van der Waals surface area contributed by atoms with Gasteiger partial charge in [0.2, 0.25) is 0 Å². The fourth-order valence-corrected chi connectivity index (χ4v) is 10.6. The van der Waals surface area contributed by atoms with Crippen molar-refractivity contribution in [2.24, 2.45) is 16.7 Å². The molecular weight excluding hydrogens is 806 g/mol. The van der Waals surface area contributed by atoms with Gasteiger partial charge in [-0.2, -0.15) is 0 Å². The number of aliphatic hydroxyl groups excluding tert-OH is 2. The van der Waals surface area contributed by atoms with E-state index in [1.165, 1.54) is 39.8 Å². The largest absolute Gasteiger partial charge is 0.456 e. The topological polar surface area (TPSA) is 209 Å². The number of amides is 1. The summed E-state index contributed by atoms with van der Waals surface area (Å²) in [4.78, 5) is 55.9. The number of carbonyl (C=O) groups excluding carboxylic acids is 4. The van der Waals surface area contributed by atoms with Gasteiger partial charge in [0, 0.05) is 37.1 Å². The Hall–Kier alpha value is -3.78. The lowest BCUT2D eigenvalue weighted by atomic mass is 9.44. The lowest BCUT2D eigenvalue weighted by molar-refractivity contribution is -0.362. The average molecular weight is 865 g/mol. The number of hydrogen-bond acceptors (Lipinski definition) is 15. The Labute approximate surface area is 353 Å². The Morgan fingerprint density at radius 3 is 2.28 bits per heavy atom. The van der Waals surface area contributed by atoms with Crippen LogP contribution in [0.3, 0.4) is 0 Å². The summed E-state index contributed by atoms with van der Waals surface area (Å²) >= 11 is 0. The van der Waals surface area contributed by atoms with E-state index in [0.29, 0.717) is 17.7 Å². The van der Waals surface area contributed by atoms with Crippen molar-refractivity contribution in [2.75, 3.05) is 26.2 Å². The number of esters is 3. The molecule has 1 aromatic rings. The number of carbonyl (C=O) groups is 4. The van der Waals surface area contributed by atoms with Gasteiger partial charge < -0.3 is 53.8 Å². The molecular formula is C43H58F2N2O14. The van der Waals surface area contributed by atoms with E-state index in [-0.39, 0.29) is 18.6 Å². The number of hydrogen-bond donors (Lipinski definition) is 4. The zero-order valence-electron chi connectivity index (χ0n) is 35.7. The first kappa shape index (κ1) is 45.3. The molecule has 5 fully saturated rings. The summed E-state index contributed by atoms with van der Waals surface area (Å²) < 4.78 is 72.1. The molecule has 7 rings (SSSR count). The van der Waals surface area contributed by atoms with Crippen molar-refractivity contribution in [1.82, 2.24) is 10.2 Å². The van der Waals surface area contributed by atoms with Crippen molar-refractivity contribution < 1.29 is 76.4 Å². The molecule has 3 aliphatic heterocycles. The summed E-state index contributed by atoms with van der Waals surface area (Å²) in [5.74, 6) is -4.39. The maximum Gasteiger partial charge on any atom is 0.408 e. The highest BCUT2D eigenvalue weighted by molar-refractivity contribution is 5.89. The monoisotopic (exact) mass is 864 g/mol. The molecule has 4 N–H and O–H groups in total. The Morgan fingerprint density at radius 2 is 1.72 bits per heavy atom. The number of rotatable bonds is 10. The number of likely N-dealkylation sites (tertiary alicyclic amines) is 1. The molecule has 3 aliphatic carbocycles. The quantitative estimate of drug-likeness (QED) is 0.152. The standard InChI is InChI=1S/C43H58F2N2O14/c1-21-24(56-37(52)30(50)29(35(44)45)46-38(53)61-39(3,4)5)18-43(54)34(59-36(51)23-13-10-9-11-14-23)32-41(8,25(49)17-26-42(32,20-55-26)60-22(2)48)33-31(28(21)40(43,6)7)57-27(58-33)19-47-15-12-16-47/h9-11,13-14,24-27,29-35,49-50,54H,12,15-20H2,1-8H3,(H,46,53)/t24-,25-,26+,27+,29+,30+,31+,32-,33+,34-,41+,42-,43+/m0/s1. The number of alkyl carbamates (subject to hydrolysis) is 1. The minimum atomic E-state index is -3.45. The van der Waals surface area contributed by atoms with E-state index in [4.69, 9.17) is 33.2 Å². The summed E-state index contributed by atoms with van der Waals surface area (Å²) in [6.45, 7) is 14.2. The minimum Gasteiger partial charge on any atom is -0.456 e. The number of benzene rings is 1. The average Bonchev–Trinajstić information content (AvgIpc) is 3.56. The van der Waals surface area contributed by atoms with Crippen molar-refractivity contribution in [2.45, 2.75) is 153 Å². The van der Waals surface area contributed by atoms with Crippen LogP contribution in [0.5, 0.6) is 0 Å². The van der Waals surface area contributed by atoms with Gasteiger partial charge in [-0.05, 0) is 70.5 Å². The van der Waals surface area contributed by atoms with Crippen LogP contribution in [-0.4, -0.2) is 149 Å². The number of fused-ring (bicyclic) bond motifs is 8. The van der Waals surface area contributed by atoms with E-state index in [2.05, 4.69) is 4.90 Å². The molecule has 1 amide bonds. The summed E-state index contributed by atoms with van der Waals surface area (Å²) in [5.41, 5.74) is -7.13. The molecule has 0 radical (unpaired) electrons. The number of ether oxygens (including phenoxy) is 7. The molecule has 0 unspecified atom stereocenters. The van der Waals surface area contributed by atoms with E-state index in [9.17, 15) is 43.3 Å². The zero-order chi connectivity index (χ0) is 44.6. The predicted octanol–water partition coefficient (Wildman–Crippen LogP) is 3.04. The smallest absolute Gasteiger partial charge is 0.408 e. The summed E-state index contributed by atoms with van der Waals surface area (Å²) in [6.07, 6.45) is -15.3. The van der Waals surface area contributed by atoms with E-state index in [1.807, 2.05) is 5.32 Å². The Morgan fingerprint density at radius 1 is 1.05 bits per heavy atom. The number of nitrogens with one attached hydrogen (secondary N) is 1. The molecule has 2 bridgehead atoms. The van der Waals surface area contributed by atoms with Crippen molar-refractivity contribution in [1.29, 1.82) is 0 Å². The second-order valence-electron chi connectivity index (χ2n) is 19.1. The van der Waals surface area contributed by atoms with Crippen LogP contribution < -0.4 is 5.32 Å². The number of aliphatic hydroxyl groups is 3. The second-order valence-corrected chi connectivity index (χ2v) is 19.1. The van der Waals surface area contributed by atoms with E-state index in [1.54, 1.807) is 45.9 Å². The van der Waals surface area contributed by atoms with Crippen LogP contribution in [-0.2, 0) is 42.7 Å². The van der Waals surface area contributed by atoms with Crippen molar-refractivity contribution in [3.05, 3.63) is 47.0 Å². The second kappa shape index (κ2) is 16.1. The van der Waals surface area contributed by atoms with E-state index < -0.39 is 125 Å². The molecule has 3 saturated heterocycles. The van der Waals surface area contributed by atoms with Gasteiger partial charge in [0.25, 0.3) is 6.43 Å². The SMILES string of the molecule is CC(=O)O[C@@]12CO[C@@H]1C[C@H](O)[C@@]1(C)[C@@H]3O[C@H](CN4CCC4)O[C@@H]3C3=C(C)[C@@H](OC(=O)[C@H](O)[C@@H](NC(=O)OC(C)(C)C)C(F)F)C[C@@](O)([C@@H](OC(=O)c4ccccc4)[C@H]21)C3(C)C. The molecule has 61 heavy (non-hydrogen) atoms. The van der Waals surface area contributed by atoms with Crippen molar-refractivity contribution >= 4 is 24.0 Å². The van der Waals surface area contributed by atoms with Gasteiger partial charge in [0.15, 0.2) is 18.0 Å². The highest BCUT2D eigenvalue weighted by Crippen LogP contribution is 2.66. The van der Waals surface area contributed by atoms with Crippen LogP contribution in [0.1, 0.15) is 85.0 Å². The predicted molar refractivity (Wildman–Crippen MR) is 208 cm³/mol. The van der Waals surface area contributed by atoms with Crippen molar-refractivity contribution in [3.63, 3.8) is 0 Å². The Balaban J connectivity index is 1.38. The normalized spacial score (nSPS) is 37.5. The highest BCUT2D eigenvalue weighted by atomic mass is 19.3. The maximum atomic E-state index is 14.4. The van der Waals surface area contributed by atoms with Gasteiger partial charge in [-0.25, -0.2) is 23.2 Å². The van der Waals surface area contributed by atoms with E-state index in [0.717, 1.165) is 19.5 Å². The molecule has 6 aliphatic rings. The fourth-order valence-electron chi connectivity index (χ4n) is 10.6. The fraction of sp³-hybridized carbons (Fsp3) is 0.721. The molecule has 338 valence electrons. The molecule has 1 aromatic carbocycles. The third-order valence-electron chi connectivity index (χ3n) is 13.8. The van der Waals surface area contributed by atoms with Gasteiger partial charge >= 0.3 is 24.0 Å². The Kier molecular flexibility index (Phi) is 11.9. The molecule has 0 aromatic heterocycles. The molecule has 13 atom stereocenters. The van der Waals surface area contributed by atoms with Crippen LogP contribution in [0.15, 0.2) is 41.5 Å². The summed E-state index contributed by atoms with van der Waals surface area (Å²) in [6, 6.07) is 5.54. The van der Waals surface area contributed by atoms with Crippen LogP contribution >= 0.6 is 0 Å². The first-order valence-electron chi connectivity index (χ1n) is 20.8. The van der Waals surface area contributed by atoms with Crippen LogP contribution in [0.2, 0.25) is 0 Å².